The SMILES string of the molecule is COc1cc(-c2cc(=O)c3c(O)cc(O[C@@H]4O[C@H](CO)[C@@H](O)[C@H](O)[C@H]4O[C@H]4O[C@H](CO)[C@@H](O)[C@@H](O)[C@H]4O)c(O)c3o2)ccc1O. The molecule has 0 radical (unpaired) electrons. The summed E-state index contributed by atoms with van der Waals surface area (Å²) in [7, 11) is 1.31. The van der Waals surface area contributed by atoms with Gasteiger partial charge in [-0.15, -0.1) is 0 Å². The Bertz CT molecular complexity index is 1570. The Labute approximate surface area is 252 Å². The molecular formula is C28H32O17. The van der Waals surface area contributed by atoms with Crippen LogP contribution in [0.4, 0.5) is 0 Å². The zero-order valence-corrected chi connectivity index (χ0v) is 23.4. The van der Waals surface area contributed by atoms with Crippen molar-refractivity contribution >= 4 is 11.0 Å². The second-order valence-corrected chi connectivity index (χ2v) is 10.4. The number of hydrogen-bond donors (Lipinski definition) is 10. The van der Waals surface area contributed by atoms with Crippen molar-refractivity contribution in [2.24, 2.45) is 0 Å². The summed E-state index contributed by atoms with van der Waals surface area (Å²) in [6, 6.07) is 5.90. The van der Waals surface area contributed by atoms with Gasteiger partial charge in [-0.2, -0.15) is 0 Å². The van der Waals surface area contributed by atoms with Gasteiger partial charge in [-0.1, -0.05) is 0 Å². The fraction of sp³-hybridized carbons (Fsp3) is 0.464. The van der Waals surface area contributed by atoms with Gasteiger partial charge in [-0.05, 0) is 18.2 Å². The maximum atomic E-state index is 13.0. The van der Waals surface area contributed by atoms with E-state index < -0.39 is 108 Å². The van der Waals surface area contributed by atoms with Crippen LogP contribution in [0.2, 0.25) is 0 Å². The maximum Gasteiger partial charge on any atom is 0.229 e. The molecule has 17 heteroatoms. The van der Waals surface area contributed by atoms with E-state index in [4.69, 9.17) is 28.1 Å². The van der Waals surface area contributed by atoms with Crippen LogP contribution in [0.25, 0.3) is 22.3 Å². The third-order valence-electron chi connectivity index (χ3n) is 7.59. The summed E-state index contributed by atoms with van der Waals surface area (Å²) in [4.78, 5) is 13.0. The molecule has 45 heavy (non-hydrogen) atoms. The van der Waals surface area contributed by atoms with Crippen LogP contribution in [-0.4, -0.2) is 133 Å². The summed E-state index contributed by atoms with van der Waals surface area (Å²) in [6.07, 6.45) is -17.5. The lowest BCUT2D eigenvalue weighted by atomic mass is 9.97. The Morgan fingerprint density at radius 1 is 0.756 bits per heavy atom. The van der Waals surface area contributed by atoms with E-state index in [1.54, 1.807) is 0 Å². The minimum absolute atomic E-state index is 0.0541. The van der Waals surface area contributed by atoms with E-state index >= 15 is 0 Å². The highest BCUT2D eigenvalue weighted by Gasteiger charge is 2.51. The molecule has 0 saturated carbocycles. The number of rotatable bonds is 8. The predicted molar refractivity (Wildman–Crippen MR) is 146 cm³/mol. The normalized spacial score (nSPS) is 32.0. The summed E-state index contributed by atoms with van der Waals surface area (Å²) in [5.41, 5.74) is -1.06. The summed E-state index contributed by atoms with van der Waals surface area (Å²) in [5.74, 6) is -2.36. The van der Waals surface area contributed by atoms with Crippen LogP contribution in [0.15, 0.2) is 39.5 Å². The third kappa shape index (κ3) is 5.98. The van der Waals surface area contributed by atoms with Crippen molar-refractivity contribution < 1.29 is 79.2 Å². The summed E-state index contributed by atoms with van der Waals surface area (Å²) < 4.78 is 33.0. The smallest absolute Gasteiger partial charge is 0.229 e. The second-order valence-electron chi connectivity index (χ2n) is 10.4. The highest BCUT2D eigenvalue weighted by molar-refractivity contribution is 5.91. The maximum absolute atomic E-state index is 13.0. The number of benzene rings is 2. The fourth-order valence-electron chi connectivity index (χ4n) is 5.10. The van der Waals surface area contributed by atoms with E-state index in [9.17, 15) is 55.9 Å². The molecule has 10 atom stereocenters. The van der Waals surface area contributed by atoms with Crippen LogP contribution in [0, 0.1) is 0 Å². The van der Waals surface area contributed by atoms with Crippen molar-refractivity contribution in [3.05, 3.63) is 40.6 Å². The van der Waals surface area contributed by atoms with Crippen LogP contribution in [0.5, 0.6) is 28.7 Å². The zero-order chi connectivity index (χ0) is 32.7. The molecule has 17 nitrogen and oxygen atoms in total. The number of fused-ring (bicyclic) bond motifs is 1. The Hall–Kier alpha value is -3.75. The largest absolute Gasteiger partial charge is 0.507 e. The van der Waals surface area contributed by atoms with Crippen LogP contribution < -0.4 is 14.9 Å². The van der Waals surface area contributed by atoms with Gasteiger partial charge in [0.2, 0.25) is 12.0 Å². The number of phenols is 3. The number of aliphatic hydroxyl groups excluding tert-OH is 7. The number of ether oxygens (including phenoxy) is 5. The van der Waals surface area contributed by atoms with E-state index in [0.717, 1.165) is 12.1 Å². The van der Waals surface area contributed by atoms with Crippen LogP contribution >= 0.6 is 0 Å². The molecule has 1 aromatic heterocycles. The first kappa shape index (κ1) is 32.6. The number of methoxy groups -OCH3 is 1. The van der Waals surface area contributed by atoms with Gasteiger partial charge < -0.3 is 79.2 Å². The Kier molecular flexibility index (Phi) is 9.38. The van der Waals surface area contributed by atoms with Gasteiger partial charge in [0.15, 0.2) is 40.7 Å². The Balaban J connectivity index is 1.52. The highest BCUT2D eigenvalue weighted by Crippen LogP contribution is 2.42. The van der Waals surface area contributed by atoms with E-state index in [1.165, 1.54) is 25.3 Å². The molecule has 2 saturated heterocycles. The van der Waals surface area contributed by atoms with E-state index in [1.807, 2.05) is 0 Å². The number of aliphatic hydroxyl groups is 7. The molecule has 2 aliphatic heterocycles. The average Bonchev–Trinajstić information content (AvgIpc) is 3.02. The topological polar surface area (TPSA) is 279 Å². The summed E-state index contributed by atoms with van der Waals surface area (Å²) >= 11 is 0. The molecule has 0 bridgehead atoms. The quantitative estimate of drug-likeness (QED) is 0.115. The first-order chi connectivity index (χ1) is 21.4. The number of phenolic OH excluding ortho intramolecular Hbond substituents is 3. The first-order valence-electron chi connectivity index (χ1n) is 13.5. The molecule has 2 aromatic carbocycles. The Morgan fingerprint density at radius 2 is 1.40 bits per heavy atom. The third-order valence-corrected chi connectivity index (χ3v) is 7.59. The lowest BCUT2D eigenvalue weighted by Crippen LogP contribution is -2.65. The average molecular weight is 641 g/mol. The number of hydrogen-bond acceptors (Lipinski definition) is 17. The summed E-state index contributed by atoms with van der Waals surface area (Å²) in [6.45, 7) is -1.62. The Morgan fingerprint density at radius 3 is 2.04 bits per heavy atom. The molecule has 2 fully saturated rings. The molecule has 0 amide bonds. The van der Waals surface area contributed by atoms with E-state index in [-0.39, 0.29) is 22.8 Å². The molecule has 0 aliphatic carbocycles. The minimum Gasteiger partial charge on any atom is -0.507 e. The first-order valence-corrected chi connectivity index (χ1v) is 13.5. The highest BCUT2D eigenvalue weighted by atomic mass is 16.8. The molecule has 3 heterocycles. The minimum atomic E-state index is -1.92. The van der Waals surface area contributed by atoms with Gasteiger partial charge in [0.25, 0.3) is 0 Å². The predicted octanol–water partition coefficient (Wildman–Crippen LogP) is -2.41. The van der Waals surface area contributed by atoms with Crippen molar-refractivity contribution in [2.45, 2.75) is 61.4 Å². The van der Waals surface area contributed by atoms with Crippen molar-refractivity contribution in [3.8, 4) is 40.1 Å². The lowest BCUT2D eigenvalue weighted by Gasteiger charge is -2.45. The van der Waals surface area contributed by atoms with Crippen molar-refractivity contribution in [3.63, 3.8) is 0 Å². The van der Waals surface area contributed by atoms with Gasteiger partial charge in [-0.25, -0.2) is 0 Å². The fourth-order valence-corrected chi connectivity index (χ4v) is 5.10. The molecule has 246 valence electrons. The molecule has 10 N–H and O–H groups in total. The van der Waals surface area contributed by atoms with Crippen molar-refractivity contribution in [1.82, 2.24) is 0 Å². The number of aromatic hydroxyl groups is 3. The zero-order valence-electron chi connectivity index (χ0n) is 23.4. The van der Waals surface area contributed by atoms with Crippen molar-refractivity contribution in [1.29, 1.82) is 0 Å². The van der Waals surface area contributed by atoms with E-state index in [2.05, 4.69) is 0 Å². The van der Waals surface area contributed by atoms with E-state index in [0.29, 0.717) is 0 Å². The van der Waals surface area contributed by atoms with Crippen LogP contribution in [0.1, 0.15) is 0 Å². The van der Waals surface area contributed by atoms with Gasteiger partial charge in [0.1, 0.15) is 59.6 Å². The molecule has 5 rings (SSSR count). The molecule has 0 spiro atoms. The van der Waals surface area contributed by atoms with Gasteiger partial charge in [-0.3, -0.25) is 4.79 Å². The molecule has 0 unspecified atom stereocenters. The van der Waals surface area contributed by atoms with Crippen molar-refractivity contribution in [2.75, 3.05) is 20.3 Å². The molecule has 3 aromatic rings. The van der Waals surface area contributed by atoms with Gasteiger partial charge >= 0.3 is 0 Å². The van der Waals surface area contributed by atoms with Gasteiger partial charge in [0.05, 0.1) is 20.3 Å². The standard InChI is InChI=1S/C28H32O17/c1-40-14-4-9(2-3-10(14)31)13-5-11(32)18-12(33)6-15(21(36)25(18)41-13)42-28-26(23(38)20(35)17(8-30)44-28)45-27-24(39)22(37)19(34)16(7-29)43-27/h2-6,16-17,19-20,22-24,26-31,33-39H,7-8H2,1H3/t16-,17-,19-,20-,22-,23+,24-,26-,27-,28-/m1/s1. The molecular weight excluding hydrogens is 608 g/mol. The van der Waals surface area contributed by atoms with Crippen LogP contribution in [0.3, 0.4) is 0 Å². The van der Waals surface area contributed by atoms with Crippen LogP contribution in [-0.2, 0) is 14.2 Å². The monoisotopic (exact) mass is 640 g/mol. The summed E-state index contributed by atoms with van der Waals surface area (Å²) in [5, 5.41) is 102. The molecule has 2 aliphatic rings. The lowest BCUT2D eigenvalue weighted by molar-refractivity contribution is -0.358. The second kappa shape index (κ2) is 12.9. The van der Waals surface area contributed by atoms with Gasteiger partial charge in [0, 0.05) is 17.7 Å².